The van der Waals surface area contributed by atoms with Crippen LogP contribution in [0.5, 0.6) is 0 Å². The van der Waals surface area contributed by atoms with E-state index in [-0.39, 0.29) is 16.9 Å². The van der Waals surface area contributed by atoms with Crippen molar-refractivity contribution in [3.05, 3.63) is 36.0 Å². The second-order valence-electron chi connectivity index (χ2n) is 6.29. The van der Waals surface area contributed by atoms with Crippen LogP contribution in [0.4, 0.5) is 0 Å². The number of benzene rings is 1. The summed E-state index contributed by atoms with van der Waals surface area (Å²) < 4.78 is 28.3. The Balaban J connectivity index is 1.85. The Morgan fingerprint density at radius 2 is 1.92 bits per heavy atom. The molecule has 1 saturated carbocycles. The van der Waals surface area contributed by atoms with E-state index in [1.54, 1.807) is 30.5 Å². The molecule has 1 aliphatic carbocycles. The molecule has 0 atom stereocenters. The second kappa shape index (κ2) is 6.49. The summed E-state index contributed by atoms with van der Waals surface area (Å²) in [6.45, 7) is 1.90. The Kier molecular flexibility index (Phi) is 4.56. The molecule has 0 aliphatic heterocycles. The first-order chi connectivity index (χ1) is 11.4. The van der Waals surface area contributed by atoms with Crippen molar-refractivity contribution in [1.29, 1.82) is 0 Å². The largest absolute Gasteiger partial charge is 0.481 e. The smallest absolute Gasteiger partial charge is 0.306 e. The van der Waals surface area contributed by atoms with E-state index in [1.165, 1.54) is 0 Å². The average molecular weight is 348 g/mol. The highest BCUT2D eigenvalue weighted by Gasteiger charge is 2.29. The van der Waals surface area contributed by atoms with E-state index in [9.17, 15) is 13.2 Å². The number of hydrogen-bond donors (Lipinski definition) is 2. The van der Waals surface area contributed by atoms with Gasteiger partial charge in [-0.1, -0.05) is 6.07 Å². The molecule has 1 aliphatic rings. The molecule has 0 saturated heterocycles. The molecule has 2 N–H and O–H groups in total. The minimum Gasteiger partial charge on any atom is -0.481 e. The summed E-state index contributed by atoms with van der Waals surface area (Å²) in [7, 11) is -3.68. The molecule has 1 heterocycles. The van der Waals surface area contributed by atoms with Gasteiger partial charge in [0.15, 0.2) is 0 Å². The summed E-state index contributed by atoms with van der Waals surface area (Å²) in [4.78, 5) is 15.5. The van der Waals surface area contributed by atoms with E-state index in [0.717, 1.165) is 5.56 Å². The van der Waals surface area contributed by atoms with Crippen molar-refractivity contribution < 1.29 is 18.3 Å². The molecule has 0 unspecified atom stereocenters. The molecular formula is C17H20N2O4S. The van der Waals surface area contributed by atoms with E-state index in [0.29, 0.717) is 36.6 Å². The molecule has 0 spiro atoms. The van der Waals surface area contributed by atoms with Crippen LogP contribution in [-0.2, 0) is 14.8 Å². The molecule has 0 radical (unpaired) electrons. The van der Waals surface area contributed by atoms with Gasteiger partial charge in [0.25, 0.3) is 0 Å². The monoisotopic (exact) mass is 348 g/mol. The Hall–Kier alpha value is -1.99. The van der Waals surface area contributed by atoms with Crippen molar-refractivity contribution >= 4 is 26.9 Å². The number of nitrogens with one attached hydrogen (secondary N) is 1. The highest BCUT2D eigenvalue weighted by Crippen LogP contribution is 2.28. The van der Waals surface area contributed by atoms with Crippen molar-refractivity contribution in [2.45, 2.75) is 43.5 Å². The van der Waals surface area contributed by atoms with Crippen molar-refractivity contribution in [2.75, 3.05) is 0 Å². The van der Waals surface area contributed by atoms with Gasteiger partial charge in [-0.3, -0.25) is 9.78 Å². The number of rotatable bonds is 4. The maximum atomic E-state index is 12.8. The van der Waals surface area contributed by atoms with Gasteiger partial charge in [-0.15, -0.1) is 0 Å². The van der Waals surface area contributed by atoms with Gasteiger partial charge < -0.3 is 5.11 Å². The number of nitrogens with zero attached hydrogens (tertiary/aromatic N) is 1. The van der Waals surface area contributed by atoms with Crippen LogP contribution in [-0.4, -0.2) is 30.5 Å². The van der Waals surface area contributed by atoms with Gasteiger partial charge in [-0.2, -0.15) is 0 Å². The normalized spacial score (nSPS) is 21.7. The standard InChI is InChI=1S/C17H20N2O4S/c1-11-4-9-15(14-3-2-10-18-16(11)14)24(22,23)19-13-7-5-12(6-8-13)17(20)21/h2-4,9-10,12-13,19H,5-8H2,1H3,(H,20,21). The van der Waals surface area contributed by atoms with Crippen LogP contribution in [0.15, 0.2) is 35.4 Å². The fourth-order valence-corrected chi connectivity index (χ4v) is 4.77. The Labute approximate surface area is 141 Å². The third-order valence-electron chi connectivity index (χ3n) is 4.62. The van der Waals surface area contributed by atoms with Gasteiger partial charge in [0.1, 0.15) is 0 Å². The SMILES string of the molecule is Cc1ccc(S(=O)(=O)NC2CCC(C(=O)O)CC2)c2cccnc12. The van der Waals surface area contributed by atoms with Crippen LogP contribution >= 0.6 is 0 Å². The summed E-state index contributed by atoms with van der Waals surface area (Å²) in [5.74, 6) is -1.16. The third-order valence-corrected chi connectivity index (χ3v) is 6.20. The van der Waals surface area contributed by atoms with Crippen LogP contribution < -0.4 is 4.72 Å². The molecule has 0 bridgehead atoms. The minimum atomic E-state index is -3.68. The zero-order chi connectivity index (χ0) is 17.3. The fourth-order valence-electron chi connectivity index (χ4n) is 3.26. The lowest BCUT2D eigenvalue weighted by molar-refractivity contribution is -0.142. The van der Waals surface area contributed by atoms with E-state index >= 15 is 0 Å². The van der Waals surface area contributed by atoms with Crippen molar-refractivity contribution in [2.24, 2.45) is 5.92 Å². The first-order valence-corrected chi connectivity index (χ1v) is 9.46. The van der Waals surface area contributed by atoms with Crippen molar-refractivity contribution in [3.8, 4) is 0 Å². The second-order valence-corrected chi connectivity index (χ2v) is 7.97. The van der Waals surface area contributed by atoms with Crippen LogP contribution in [0.25, 0.3) is 10.9 Å². The number of aryl methyl sites for hydroxylation is 1. The number of sulfonamides is 1. The van der Waals surface area contributed by atoms with Crippen LogP contribution in [0, 0.1) is 12.8 Å². The molecule has 128 valence electrons. The Bertz CT molecular complexity index is 871. The highest BCUT2D eigenvalue weighted by molar-refractivity contribution is 7.89. The number of aliphatic carboxylic acids is 1. The molecule has 6 nitrogen and oxygen atoms in total. The molecule has 1 aromatic heterocycles. The molecule has 2 aromatic rings. The third kappa shape index (κ3) is 3.27. The maximum Gasteiger partial charge on any atom is 0.306 e. The molecular weight excluding hydrogens is 328 g/mol. The highest BCUT2D eigenvalue weighted by atomic mass is 32.2. The average Bonchev–Trinajstić information content (AvgIpc) is 2.55. The number of aromatic nitrogens is 1. The molecule has 3 rings (SSSR count). The topological polar surface area (TPSA) is 96.4 Å². The van der Waals surface area contributed by atoms with Crippen LogP contribution in [0.1, 0.15) is 31.2 Å². The van der Waals surface area contributed by atoms with Crippen LogP contribution in [0.2, 0.25) is 0 Å². The quantitative estimate of drug-likeness (QED) is 0.885. The van der Waals surface area contributed by atoms with Gasteiger partial charge in [-0.25, -0.2) is 13.1 Å². The number of pyridine rings is 1. The van der Waals surface area contributed by atoms with Gasteiger partial charge in [0.2, 0.25) is 10.0 Å². The minimum absolute atomic E-state index is 0.219. The summed E-state index contributed by atoms with van der Waals surface area (Å²) >= 11 is 0. The van der Waals surface area contributed by atoms with Gasteiger partial charge in [-0.05, 0) is 56.4 Å². The maximum absolute atomic E-state index is 12.8. The number of carboxylic acids is 1. The fraction of sp³-hybridized carbons (Fsp3) is 0.412. The number of fused-ring (bicyclic) bond motifs is 1. The summed E-state index contributed by atoms with van der Waals surface area (Å²) in [6, 6.07) is 6.61. The molecule has 7 heteroatoms. The van der Waals surface area contributed by atoms with Crippen molar-refractivity contribution in [1.82, 2.24) is 9.71 Å². The number of hydrogen-bond acceptors (Lipinski definition) is 4. The molecule has 1 fully saturated rings. The van der Waals surface area contributed by atoms with Crippen molar-refractivity contribution in [3.63, 3.8) is 0 Å². The van der Waals surface area contributed by atoms with E-state index in [1.807, 2.05) is 6.92 Å². The number of carbonyl (C=O) groups is 1. The molecule has 0 amide bonds. The molecule has 1 aromatic carbocycles. The predicted molar refractivity (Wildman–Crippen MR) is 90.2 cm³/mol. The lowest BCUT2D eigenvalue weighted by Crippen LogP contribution is -2.38. The van der Waals surface area contributed by atoms with Gasteiger partial charge >= 0.3 is 5.97 Å². The van der Waals surface area contributed by atoms with E-state index in [2.05, 4.69) is 9.71 Å². The molecule has 24 heavy (non-hydrogen) atoms. The van der Waals surface area contributed by atoms with Crippen LogP contribution in [0.3, 0.4) is 0 Å². The first-order valence-electron chi connectivity index (χ1n) is 7.98. The predicted octanol–water partition coefficient (Wildman–Crippen LogP) is 2.46. The van der Waals surface area contributed by atoms with Gasteiger partial charge in [0, 0.05) is 17.6 Å². The zero-order valence-corrected chi connectivity index (χ0v) is 14.2. The lowest BCUT2D eigenvalue weighted by Gasteiger charge is -2.26. The number of carboxylic acid groups (broad SMARTS) is 1. The summed E-state index contributed by atoms with van der Waals surface area (Å²) in [5, 5.41) is 9.63. The van der Waals surface area contributed by atoms with E-state index in [4.69, 9.17) is 5.11 Å². The summed E-state index contributed by atoms with van der Waals surface area (Å²) in [6.07, 6.45) is 3.72. The van der Waals surface area contributed by atoms with Gasteiger partial charge in [0.05, 0.1) is 16.3 Å². The Morgan fingerprint density at radius 1 is 1.21 bits per heavy atom. The van der Waals surface area contributed by atoms with E-state index < -0.39 is 16.0 Å². The first kappa shape index (κ1) is 16.9. The Morgan fingerprint density at radius 3 is 2.58 bits per heavy atom. The zero-order valence-electron chi connectivity index (χ0n) is 13.4. The summed E-state index contributed by atoms with van der Waals surface area (Å²) in [5.41, 5.74) is 1.60. The lowest BCUT2D eigenvalue weighted by atomic mass is 9.87.